The lowest BCUT2D eigenvalue weighted by Crippen LogP contribution is -2.13. The zero-order valence-corrected chi connectivity index (χ0v) is 9.73. The van der Waals surface area contributed by atoms with E-state index in [1.807, 2.05) is 0 Å². The van der Waals surface area contributed by atoms with Gasteiger partial charge in [0.2, 0.25) is 0 Å². The van der Waals surface area contributed by atoms with E-state index in [0.29, 0.717) is 18.1 Å². The van der Waals surface area contributed by atoms with Crippen LogP contribution in [0.4, 0.5) is 0 Å². The van der Waals surface area contributed by atoms with Gasteiger partial charge in [0, 0.05) is 0 Å². The van der Waals surface area contributed by atoms with Gasteiger partial charge in [-0.2, -0.15) is 0 Å². The number of ether oxygens (including phenoxy) is 2. The lowest BCUT2D eigenvalue weighted by atomic mass is 10.1. The third-order valence-electron chi connectivity index (χ3n) is 2.04. The summed E-state index contributed by atoms with van der Waals surface area (Å²) in [5.41, 5.74) is 0. The standard InChI is InChI=1S/C12H16O4/c1-4-15-12(13)9(2)8-11(14-3)10-6-5-7-16-10/h5-9H,4H2,1-3H3. The molecule has 0 aliphatic heterocycles. The number of carbonyl (C=O) groups is 1. The Hall–Kier alpha value is -1.71. The maximum Gasteiger partial charge on any atom is 0.312 e. The second-order valence-electron chi connectivity index (χ2n) is 3.25. The number of carbonyl (C=O) groups excluding carboxylic acids is 1. The number of hydrogen-bond donors (Lipinski definition) is 0. The summed E-state index contributed by atoms with van der Waals surface area (Å²) in [5, 5.41) is 0. The quantitative estimate of drug-likeness (QED) is 0.569. The molecule has 0 aliphatic carbocycles. The summed E-state index contributed by atoms with van der Waals surface area (Å²) in [4.78, 5) is 11.4. The lowest BCUT2D eigenvalue weighted by Gasteiger charge is -2.08. The molecule has 1 atom stereocenters. The molecule has 0 saturated heterocycles. The molecule has 0 saturated carbocycles. The summed E-state index contributed by atoms with van der Waals surface area (Å²) in [5.74, 6) is 0.493. The molecule has 0 N–H and O–H groups in total. The Bertz CT molecular complexity index is 351. The van der Waals surface area contributed by atoms with Gasteiger partial charge in [-0.25, -0.2) is 0 Å². The monoisotopic (exact) mass is 224 g/mol. The first-order valence-corrected chi connectivity index (χ1v) is 5.15. The van der Waals surface area contributed by atoms with Gasteiger partial charge < -0.3 is 13.9 Å². The van der Waals surface area contributed by atoms with Crippen LogP contribution in [0.15, 0.2) is 28.9 Å². The first-order chi connectivity index (χ1) is 7.69. The molecule has 4 heteroatoms. The van der Waals surface area contributed by atoms with Gasteiger partial charge in [-0.3, -0.25) is 4.79 Å². The van der Waals surface area contributed by atoms with Crippen LogP contribution in [0.25, 0.3) is 5.76 Å². The molecule has 1 heterocycles. The Kier molecular flexibility index (Phi) is 4.64. The molecule has 0 amide bonds. The maximum absolute atomic E-state index is 11.4. The van der Waals surface area contributed by atoms with Crippen LogP contribution >= 0.6 is 0 Å². The molecule has 0 bridgehead atoms. The topological polar surface area (TPSA) is 48.7 Å². The van der Waals surface area contributed by atoms with E-state index in [9.17, 15) is 4.79 Å². The van der Waals surface area contributed by atoms with Gasteiger partial charge >= 0.3 is 5.97 Å². The number of hydrogen-bond acceptors (Lipinski definition) is 4. The van der Waals surface area contributed by atoms with E-state index in [1.165, 1.54) is 7.11 Å². The van der Waals surface area contributed by atoms with Crippen molar-refractivity contribution in [2.45, 2.75) is 13.8 Å². The van der Waals surface area contributed by atoms with Gasteiger partial charge in [-0.05, 0) is 32.1 Å². The normalized spacial score (nSPS) is 13.3. The minimum atomic E-state index is -0.361. The summed E-state index contributed by atoms with van der Waals surface area (Å²) in [6.07, 6.45) is 3.23. The highest BCUT2D eigenvalue weighted by Gasteiger charge is 2.14. The van der Waals surface area contributed by atoms with Crippen LogP contribution in [-0.4, -0.2) is 19.7 Å². The van der Waals surface area contributed by atoms with Gasteiger partial charge in [0.15, 0.2) is 11.5 Å². The number of esters is 1. The number of rotatable bonds is 5. The summed E-state index contributed by atoms with van der Waals surface area (Å²) in [6, 6.07) is 3.53. The van der Waals surface area contributed by atoms with Crippen molar-refractivity contribution in [3.8, 4) is 0 Å². The van der Waals surface area contributed by atoms with Gasteiger partial charge in [0.25, 0.3) is 0 Å². The van der Waals surface area contributed by atoms with E-state index < -0.39 is 0 Å². The Balaban J connectivity index is 2.76. The second kappa shape index (κ2) is 6.00. The predicted octanol–water partition coefficient (Wildman–Crippen LogP) is 2.47. The molecule has 16 heavy (non-hydrogen) atoms. The molecule has 0 fully saturated rings. The molecule has 0 aromatic carbocycles. The highest BCUT2D eigenvalue weighted by molar-refractivity contribution is 5.76. The van der Waals surface area contributed by atoms with E-state index in [4.69, 9.17) is 13.9 Å². The van der Waals surface area contributed by atoms with Crippen LogP contribution in [0.2, 0.25) is 0 Å². The Morgan fingerprint density at radius 1 is 1.62 bits per heavy atom. The fourth-order valence-corrected chi connectivity index (χ4v) is 1.24. The van der Waals surface area contributed by atoms with Crippen molar-refractivity contribution in [2.75, 3.05) is 13.7 Å². The molecule has 1 aromatic heterocycles. The largest absolute Gasteiger partial charge is 0.493 e. The average molecular weight is 224 g/mol. The number of furan rings is 1. The third kappa shape index (κ3) is 3.15. The molecule has 4 nitrogen and oxygen atoms in total. The first-order valence-electron chi connectivity index (χ1n) is 5.15. The molecule has 0 aliphatic rings. The maximum atomic E-state index is 11.4. The Labute approximate surface area is 94.8 Å². The molecule has 1 aromatic rings. The van der Waals surface area contributed by atoms with E-state index in [0.717, 1.165) is 0 Å². The van der Waals surface area contributed by atoms with Crippen LogP contribution in [0, 0.1) is 5.92 Å². The zero-order valence-electron chi connectivity index (χ0n) is 9.73. The third-order valence-corrected chi connectivity index (χ3v) is 2.04. The average Bonchev–Trinajstić information content (AvgIpc) is 2.79. The van der Waals surface area contributed by atoms with Crippen molar-refractivity contribution in [1.82, 2.24) is 0 Å². The minimum Gasteiger partial charge on any atom is -0.493 e. The van der Waals surface area contributed by atoms with Gasteiger partial charge in [-0.1, -0.05) is 0 Å². The molecular formula is C12H16O4. The lowest BCUT2D eigenvalue weighted by molar-refractivity contribution is -0.145. The van der Waals surface area contributed by atoms with E-state index in [-0.39, 0.29) is 11.9 Å². The Morgan fingerprint density at radius 2 is 2.38 bits per heavy atom. The highest BCUT2D eigenvalue weighted by Crippen LogP contribution is 2.18. The van der Waals surface area contributed by atoms with Gasteiger partial charge in [0.05, 0.1) is 25.9 Å². The summed E-state index contributed by atoms with van der Waals surface area (Å²) in [6.45, 7) is 3.90. The summed E-state index contributed by atoms with van der Waals surface area (Å²) in [7, 11) is 1.53. The van der Waals surface area contributed by atoms with Crippen molar-refractivity contribution in [1.29, 1.82) is 0 Å². The van der Waals surface area contributed by atoms with Crippen LogP contribution < -0.4 is 0 Å². The molecule has 0 spiro atoms. The van der Waals surface area contributed by atoms with Crippen LogP contribution in [-0.2, 0) is 14.3 Å². The van der Waals surface area contributed by atoms with E-state index in [2.05, 4.69) is 0 Å². The van der Waals surface area contributed by atoms with Crippen molar-refractivity contribution in [3.63, 3.8) is 0 Å². The smallest absolute Gasteiger partial charge is 0.312 e. The van der Waals surface area contributed by atoms with Crippen LogP contribution in [0.3, 0.4) is 0 Å². The highest BCUT2D eigenvalue weighted by atomic mass is 16.5. The summed E-state index contributed by atoms with van der Waals surface area (Å²) < 4.78 is 15.2. The van der Waals surface area contributed by atoms with Gasteiger partial charge in [-0.15, -0.1) is 0 Å². The van der Waals surface area contributed by atoms with Crippen molar-refractivity contribution >= 4 is 11.7 Å². The zero-order chi connectivity index (χ0) is 12.0. The SMILES string of the molecule is CCOC(=O)C(C)C=C(OC)c1ccco1. The van der Waals surface area contributed by atoms with Crippen LogP contribution in [0.1, 0.15) is 19.6 Å². The molecule has 1 unspecified atom stereocenters. The molecule has 0 radical (unpaired) electrons. The van der Waals surface area contributed by atoms with Crippen LogP contribution in [0.5, 0.6) is 0 Å². The van der Waals surface area contributed by atoms with Crippen molar-refractivity contribution < 1.29 is 18.7 Å². The first kappa shape index (κ1) is 12.4. The molecule has 88 valence electrons. The van der Waals surface area contributed by atoms with Crippen molar-refractivity contribution in [2.24, 2.45) is 5.92 Å². The predicted molar refractivity (Wildman–Crippen MR) is 59.5 cm³/mol. The van der Waals surface area contributed by atoms with Gasteiger partial charge in [0.1, 0.15) is 0 Å². The Morgan fingerprint density at radius 3 is 2.88 bits per heavy atom. The fourth-order valence-electron chi connectivity index (χ4n) is 1.24. The minimum absolute atomic E-state index is 0.274. The fraction of sp³-hybridized carbons (Fsp3) is 0.417. The van der Waals surface area contributed by atoms with E-state index >= 15 is 0 Å². The van der Waals surface area contributed by atoms with E-state index in [1.54, 1.807) is 38.3 Å². The van der Waals surface area contributed by atoms with Crippen molar-refractivity contribution in [3.05, 3.63) is 30.2 Å². The molecular weight excluding hydrogens is 208 g/mol. The second-order valence-corrected chi connectivity index (χ2v) is 3.25. The number of methoxy groups -OCH3 is 1. The summed E-state index contributed by atoms with van der Waals surface area (Å²) >= 11 is 0. The molecule has 1 rings (SSSR count).